The zero-order chi connectivity index (χ0) is 14.9. The Morgan fingerprint density at radius 2 is 1.90 bits per heavy atom. The Balaban J connectivity index is 2.54. The van der Waals surface area contributed by atoms with Crippen molar-refractivity contribution in [1.29, 1.82) is 0 Å². The van der Waals surface area contributed by atoms with Crippen LogP contribution < -0.4 is 4.31 Å². The average Bonchev–Trinajstić information content (AvgIpc) is 2.82. The number of para-hydroxylation sites is 1. The average molecular weight is 314 g/mol. The molecule has 6 nitrogen and oxygen atoms in total. The largest absolute Gasteiger partial charge is 0.284 e. The van der Waals surface area contributed by atoms with Crippen LogP contribution in [-0.4, -0.2) is 30.5 Å². The second-order valence-electron chi connectivity index (χ2n) is 4.10. The van der Waals surface area contributed by atoms with Crippen LogP contribution in [0.1, 0.15) is 10.4 Å². The van der Waals surface area contributed by atoms with Crippen LogP contribution in [-0.2, 0) is 17.1 Å². The smallest absolute Gasteiger partial charge is 0.275 e. The minimum Gasteiger partial charge on any atom is -0.275 e. The Morgan fingerprint density at radius 3 is 2.45 bits per heavy atom. The zero-order valence-corrected chi connectivity index (χ0v) is 12.4. The quantitative estimate of drug-likeness (QED) is 0.804. The SMILES string of the molecule is CN(c1ccccc1)S(=O)(=O)c1nn(C)cc1C(=O)Cl. The van der Waals surface area contributed by atoms with Gasteiger partial charge in [-0.05, 0) is 23.7 Å². The first-order valence-electron chi connectivity index (χ1n) is 5.61. The van der Waals surface area contributed by atoms with Gasteiger partial charge in [-0.2, -0.15) is 13.5 Å². The molecule has 0 aliphatic heterocycles. The lowest BCUT2D eigenvalue weighted by Gasteiger charge is -2.18. The molecule has 0 saturated heterocycles. The van der Waals surface area contributed by atoms with E-state index in [1.54, 1.807) is 30.3 Å². The van der Waals surface area contributed by atoms with Crippen molar-refractivity contribution >= 4 is 32.6 Å². The molecule has 2 aromatic rings. The highest BCUT2D eigenvalue weighted by molar-refractivity contribution is 7.92. The highest BCUT2D eigenvalue weighted by Crippen LogP contribution is 2.23. The van der Waals surface area contributed by atoms with Crippen molar-refractivity contribution in [3.8, 4) is 0 Å². The van der Waals surface area contributed by atoms with E-state index in [4.69, 9.17) is 11.6 Å². The number of benzene rings is 1. The van der Waals surface area contributed by atoms with Gasteiger partial charge in [-0.3, -0.25) is 13.8 Å². The van der Waals surface area contributed by atoms with E-state index >= 15 is 0 Å². The Morgan fingerprint density at radius 1 is 1.30 bits per heavy atom. The maximum atomic E-state index is 12.5. The fourth-order valence-electron chi connectivity index (χ4n) is 1.70. The molecule has 2 rings (SSSR count). The van der Waals surface area contributed by atoms with Crippen molar-refractivity contribution in [3.63, 3.8) is 0 Å². The summed E-state index contributed by atoms with van der Waals surface area (Å²) in [5.74, 6) is 0. The molecule has 0 spiro atoms. The molecular formula is C12H12ClN3O3S. The van der Waals surface area contributed by atoms with Crippen LogP contribution in [0, 0.1) is 0 Å². The van der Waals surface area contributed by atoms with Crippen LogP contribution in [0.2, 0.25) is 0 Å². The molecule has 0 amide bonds. The topological polar surface area (TPSA) is 72.3 Å². The first-order chi connectivity index (χ1) is 9.34. The van der Waals surface area contributed by atoms with Crippen LogP contribution in [0.3, 0.4) is 0 Å². The van der Waals surface area contributed by atoms with Crippen LogP contribution in [0.15, 0.2) is 41.6 Å². The summed E-state index contributed by atoms with van der Waals surface area (Å²) in [5, 5.41) is 2.61. The van der Waals surface area contributed by atoms with Gasteiger partial charge in [0.15, 0.2) is 0 Å². The fourth-order valence-corrected chi connectivity index (χ4v) is 3.21. The van der Waals surface area contributed by atoms with Crippen LogP contribution in [0.5, 0.6) is 0 Å². The van der Waals surface area contributed by atoms with Crippen molar-refractivity contribution in [1.82, 2.24) is 9.78 Å². The summed E-state index contributed by atoms with van der Waals surface area (Å²) in [6.07, 6.45) is 1.28. The molecule has 1 aromatic heterocycles. The van der Waals surface area contributed by atoms with Crippen molar-refractivity contribution in [2.75, 3.05) is 11.4 Å². The van der Waals surface area contributed by atoms with E-state index in [0.29, 0.717) is 5.69 Å². The molecule has 0 fully saturated rings. The molecule has 20 heavy (non-hydrogen) atoms. The normalized spacial score (nSPS) is 11.3. The number of rotatable bonds is 4. The third-order valence-electron chi connectivity index (χ3n) is 2.73. The maximum Gasteiger partial charge on any atom is 0.284 e. The Labute approximate surface area is 121 Å². The van der Waals surface area contributed by atoms with Gasteiger partial charge in [-0.25, -0.2) is 0 Å². The number of carbonyl (C=O) groups is 1. The van der Waals surface area contributed by atoms with Gasteiger partial charge < -0.3 is 0 Å². The highest BCUT2D eigenvalue weighted by atomic mass is 35.5. The minimum absolute atomic E-state index is 0.142. The minimum atomic E-state index is -3.95. The van der Waals surface area contributed by atoms with E-state index in [1.165, 1.54) is 25.0 Å². The molecule has 0 aliphatic carbocycles. The first kappa shape index (κ1) is 14.5. The van der Waals surface area contributed by atoms with E-state index in [1.807, 2.05) is 0 Å². The summed E-state index contributed by atoms with van der Waals surface area (Å²) in [6.45, 7) is 0. The third kappa shape index (κ3) is 2.54. The number of aromatic nitrogens is 2. The number of halogens is 1. The Bertz CT molecular complexity index is 741. The van der Waals surface area contributed by atoms with Gasteiger partial charge in [-0.15, -0.1) is 0 Å². The number of carbonyl (C=O) groups excluding carboxylic acids is 1. The predicted molar refractivity (Wildman–Crippen MR) is 75.4 cm³/mol. The molecule has 0 atom stereocenters. The number of hydrogen-bond donors (Lipinski definition) is 0. The summed E-state index contributed by atoms with van der Waals surface area (Å²) < 4.78 is 27.3. The van der Waals surface area contributed by atoms with Crippen molar-refractivity contribution < 1.29 is 13.2 Å². The standard InChI is InChI=1S/C12H12ClN3O3S/c1-15-8-10(11(13)17)12(14-15)20(18,19)16(2)9-6-4-3-5-7-9/h3-8H,1-2H3. The van der Waals surface area contributed by atoms with Gasteiger partial charge >= 0.3 is 0 Å². The molecular weight excluding hydrogens is 302 g/mol. The molecule has 1 heterocycles. The van der Waals surface area contributed by atoms with E-state index < -0.39 is 15.3 Å². The van der Waals surface area contributed by atoms with Crippen molar-refractivity contribution in [2.45, 2.75) is 5.03 Å². The van der Waals surface area contributed by atoms with Gasteiger partial charge in [0.1, 0.15) is 0 Å². The summed E-state index contributed by atoms with van der Waals surface area (Å²) >= 11 is 5.40. The fraction of sp³-hybridized carbons (Fsp3) is 0.167. The van der Waals surface area contributed by atoms with E-state index in [2.05, 4.69) is 5.10 Å². The van der Waals surface area contributed by atoms with Crippen molar-refractivity contribution in [3.05, 3.63) is 42.1 Å². The lowest BCUT2D eigenvalue weighted by molar-refractivity contribution is 0.107. The number of nitrogens with zero attached hydrogens (tertiary/aromatic N) is 3. The second-order valence-corrected chi connectivity index (χ2v) is 6.33. The lowest BCUT2D eigenvalue weighted by Crippen LogP contribution is -2.28. The molecule has 0 N–H and O–H groups in total. The third-order valence-corrected chi connectivity index (χ3v) is 4.66. The predicted octanol–water partition coefficient (Wildman–Crippen LogP) is 1.62. The second kappa shape index (κ2) is 5.26. The van der Waals surface area contributed by atoms with Gasteiger partial charge in [0, 0.05) is 20.3 Å². The van der Waals surface area contributed by atoms with Crippen molar-refractivity contribution in [2.24, 2.45) is 7.05 Å². The zero-order valence-electron chi connectivity index (χ0n) is 10.8. The molecule has 0 radical (unpaired) electrons. The van der Waals surface area contributed by atoms with Gasteiger partial charge in [0.25, 0.3) is 15.3 Å². The summed E-state index contributed by atoms with van der Waals surface area (Å²) in [6, 6.07) is 8.49. The van der Waals surface area contributed by atoms with E-state index in [0.717, 1.165) is 4.31 Å². The Kier molecular flexibility index (Phi) is 3.82. The van der Waals surface area contributed by atoms with E-state index in [9.17, 15) is 13.2 Å². The number of sulfonamides is 1. The van der Waals surface area contributed by atoms with Crippen LogP contribution in [0.4, 0.5) is 5.69 Å². The lowest BCUT2D eigenvalue weighted by atomic mass is 10.3. The monoisotopic (exact) mass is 313 g/mol. The molecule has 0 aliphatic rings. The van der Waals surface area contributed by atoms with Gasteiger partial charge in [-0.1, -0.05) is 18.2 Å². The molecule has 0 bridgehead atoms. The summed E-state index contributed by atoms with van der Waals surface area (Å²) in [5.41, 5.74) is 0.322. The summed E-state index contributed by atoms with van der Waals surface area (Å²) in [7, 11) is -1.04. The van der Waals surface area contributed by atoms with Crippen LogP contribution in [0.25, 0.3) is 0 Å². The number of aryl methyl sites for hydroxylation is 1. The molecule has 0 unspecified atom stereocenters. The van der Waals surface area contributed by atoms with Gasteiger partial charge in [0.05, 0.1) is 11.3 Å². The van der Waals surface area contributed by atoms with Crippen LogP contribution >= 0.6 is 11.6 Å². The molecule has 106 valence electrons. The number of hydrogen-bond acceptors (Lipinski definition) is 4. The number of anilines is 1. The molecule has 0 saturated carbocycles. The molecule has 1 aromatic carbocycles. The molecule has 8 heteroatoms. The summed E-state index contributed by atoms with van der Waals surface area (Å²) in [4.78, 5) is 11.3. The van der Waals surface area contributed by atoms with Gasteiger partial charge in [0.2, 0.25) is 5.03 Å². The Hall–Kier alpha value is -1.86. The first-order valence-corrected chi connectivity index (χ1v) is 7.43. The maximum absolute atomic E-state index is 12.5. The van der Waals surface area contributed by atoms with E-state index in [-0.39, 0.29) is 10.6 Å². The highest BCUT2D eigenvalue weighted by Gasteiger charge is 2.30.